The molecule has 2 fully saturated rings. The molecule has 0 unspecified atom stereocenters. The van der Waals surface area contributed by atoms with Gasteiger partial charge in [-0.1, -0.05) is 30.4 Å². The Hall–Kier alpha value is -1.16. The number of nitrogens with zero attached hydrogens (tertiary/aromatic N) is 4. The molecule has 9 heteroatoms. The second kappa shape index (κ2) is 8.91. The second-order valence-corrected chi connectivity index (χ2v) is 11.2. The molecule has 0 bridgehead atoms. The fourth-order valence-corrected chi connectivity index (χ4v) is 6.89. The fourth-order valence-electron chi connectivity index (χ4n) is 4.15. The SMILES string of the molecule is CCn1c(CSC(=S)N2CCCC2)nc2cc(S(=O)(=O)N3CCCCC3)ccc21. The normalized spacial score (nSPS) is 18.6. The number of fused-ring (bicyclic) bond motifs is 1. The Morgan fingerprint density at radius 3 is 2.48 bits per heavy atom. The van der Waals surface area contributed by atoms with Crippen LogP contribution in [0.3, 0.4) is 0 Å². The van der Waals surface area contributed by atoms with E-state index >= 15 is 0 Å². The van der Waals surface area contributed by atoms with Crippen LogP contribution in [0.4, 0.5) is 0 Å². The Balaban J connectivity index is 1.57. The Bertz CT molecular complexity index is 991. The van der Waals surface area contributed by atoms with Crippen molar-refractivity contribution >= 4 is 49.4 Å². The summed E-state index contributed by atoms with van der Waals surface area (Å²) in [6.07, 6.45) is 5.39. The van der Waals surface area contributed by atoms with Gasteiger partial charge in [0.1, 0.15) is 10.1 Å². The van der Waals surface area contributed by atoms with Gasteiger partial charge in [-0.25, -0.2) is 13.4 Å². The van der Waals surface area contributed by atoms with Crippen LogP contribution in [-0.2, 0) is 22.3 Å². The summed E-state index contributed by atoms with van der Waals surface area (Å²) in [4.78, 5) is 7.40. The summed E-state index contributed by atoms with van der Waals surface area (Å²) in [5.41, 5.74) is 1.72. The molecule has 0 amide bonds. The van der Waals surface area contributed by atoms with Crippen molar-refractivity contribution < 1.29 is 8.42 Å². The van der Waals surface area contributed by atoms with E-state index in [9.17, 15) is 8.42 Å². The minimum atomic E-state index is -3.45. The topological polar surface area (TPSA) is 58.4 Å². The largest absolute Gasteiger partial charge is 0.358 e. The molecule has 0 N–H and O–H groups in total. The van der Waals surface area contributed by atoms with Gasteiger partial charge in [-0.15, -0.1) is 0 Å². The lowest BCUT2D eigenvalue weighted by Gasteiger charge is -2.25. The zero-order valence-corrected chi connectivity index (χ0v) is 19.3. The van der Waals surface area contributed by atoms with Crippen molar-refractivity contribution in [2.24, 2.45) is 0 Å². The van der Waals surface area contributed by atoms with Crippen molar-refractivity contribution in [1.29, 1.82) is 0 Å². The summed E-state index contributed by atoms with van der Waals surface area (Å²) in [5, 5.41) is 0. The molecule has 0 atom stereocenters. The van der Waals surface area contributed by atoms with E-state index in [1.165, 1.54) is 12.8 Å². The van der Waals surface area contributed by atoms with Gasteiger partial charge in [0, 0.05) is 32.7 Å². The van der Waals surface area contributed by atoms with Crippen molar-refractivity contribution in [2.45, 2.75) is 56.2 Å². The first kappa shape index (κ1) is 21.1. The second-order valence-electron chi connectivity index (χ2n) is 7.64. The lowest BCUT2D eigenvalue weighted by Crippen LogP contribution is -2.35. The monoisotopic (exact) mass is 452 g/mol. The van der Waals surface area contributed by atoms with E-state index in [4.69, 9.17) is 17.2 Å². The minimum absolute atomic E-state index is 0.347. The maximum atomic E-state index is 13.0. The molecule has 2 aliphatic heterocycles. The summed E-state index contributed by atoms with van der Waals surface area (Å²) in [5.74, 6) is 1.65. The predicted molar refractivity (Wildman–Crippen MR) is 123 cm³/mol. The first-order chi connectivity index (χ1) is 14.0. The van der Waals surface area contributed by atoms with Crippen LogP contribution in [0.5, 0.6) is 0 Å². The number of rotatable bonds is 5. The van der Waals surface area contributed by atoms with E-state index in [0.29, 0.717) is 23.7 Å². The van der Waals surface area contributed by atoms with Crippen LogP contribution in [0.2, 0.25) is 0 Å². The molecule has 0 spiro atoms. The molecule has 158 valence electrons. The number of piperidine rings is 1. The number of imidazole rings is 1. The van der Waals surface area contributed by atoms with Gasteiger partial charge in [0.15, 0.2) is 0 Å². The summed E-state index contributed by atoms with van der Waals surface area (Å²) >= 11 is 7.23. The predicted octanol–water partition coefficient (Wildman–Crippen LogP) is 3.84. The van der Waals surface area contributed by atoms with E-state index in [2.05, 4.69) is 16.4 Å². The maximum absolute atomic E-state index is 13.0. The number of thiocarbonyl (C=S) groups is 1. The molecule has 1 aromatic heterocycles. The Morgan fingerprint density at radius 1 is 1.10 bits per heavy atom. The molecule has 2 aliphatic rings. The lowest BCUT2D eigenvalue weighted by molar-refractivity contribution is 0.346. The van der Waals surface area contributed by atoms with E-state index in [1.807, 2.05) is 6.07 Å². The average molecular weight is 453 g/mol. The molecule has 1 aromatic carbocycles. The minimum Gasteiger partial charge on any atom is -0.358 e. The summed E-state index contributed by atoms with van der Waals surface area (Å²) in [6, 6.07) is 5.36. The van der Waals surface area contributed by atoms with Gasteiger partial charge in [0.05, 0.1) is 21.7 Å². The highest BCUT2D eigenvalue weighted by Gasteiger charge is 2.26. The van der Waals surface area contributed by atoms with Gasteiger partial charge in [-0.3, -0.25) is 0 Å². The number of likely N-dealkylation sites (tertiary alicyclic amines) is 1. The number of benzene rings is 1. The summed E-state index contributed by atoms with van der Waals surface area (Å²) in [7, 11) is -3.45. The number of sulfonamides is 1. The van der Waals surface area contributed by atoms with Crippen molar-refractivity contribution in [2.75, 3.05) is 26.2 Å². The number of aromatic nitrogens is 2. The fraction of sp³-hybridized carbons (Fsp3) is 0.600. The van der Waals surface area contributed by atoms with Crippen LogP contribution in [0.25, 0.3) is 11.0 Å². The van der Waals surface area contributed by atoms with Crippen molar-refractivity contribution in [1.82, 2.24) is 18.8 Å². The quantitative estimate of drug-likeness (QED) is 0.643. The van der Waals surface area contributed by atoms with E-state index in [-0.39, 0.29) is 0 Å². The van der Waals surface area contributed by atoms with Gasteiger partial charge in [-0.2, -0.15) is 4.31 Å². The highest BCUT2D eigenvalue weighted by molar-refractivity contribution is 8.22. The summed E-state index contributed by atoms with van der Waals surface area (Å²) in [6.45, 7) is 6.20. The average Bonchev–Trinajstić information content (AvgIpc) is 3.39. The number of thioether (sulfide) groups is 1. The first-order valence-corrected chi connectivity index (χ1v) is 13.2. The third kappa shape index (κ3) is 4.33. The van der Waals surface area contributed by atoms with Crippen LogP contribution < -0.4 is 0 Å². The van der Waals surface area contributed by atoms with Crippen LogP contribution in [0.1, 0.15) is 44.9 Å². The number of aryl methyl sites for hydroxylation is 1. The van der Waals surface area contributed by atoms with E-state index < -0.39 is 10.0 Å². The van der Waals surface area contributed by atoms with Gasteiger partial charge in [0.25, 0.3) is 0 Å². The highest BCUT2D eigenvalue weighted by Crippen LogP contribution is 2.27. The standard InChI is InChI=1S/C20H28N4O2S3/c1-2-24-18-9-8-16(29(25,26)23-12-4-3-5-13-23)14-17(18)21-19(24)15-28-20(27)22-10-6-7-11-22/h8-9,14H,2-7,10-13,15H2,1H3. The maximum Gasteiger partial charge on any atom is 0.243 e. The number of hydrogen-bond acceptors (Lipinski definition) is 5. The number of hydrogen-bond donors (Lipinski definition) is 0. The van der Waals surface area contributed by atoms with Crippen molar-refractivity contribution in [3.05, 3.63) is 24.0 Å². The first-order valence-electron chi connectivity index (χ1n) is 10.4. The Kier molecular flexibility index (Phi) is 6.48. The molecule has 6 nitrogen and oxygen atoms in total. The molecular formula is C20H28N4O2S3. The molecule has 0 aliphatic carbocycles. The highest BCUT2D eigenvalue weighted by atomic mass is 32.2. The molecule has 0 radical (unpaired) electrons. The summed E-state index contributed by atoms with van der Waals surface area (Å²) < 4.78 is 30.7. The zero-order valence-electron chi connectivity index (χ0n) is 16.8. The van der Waals surface area contributed by atoms with E-state index in [0.717, 1.165) is 60.1 Å². The van der Waals surface area contributed by atoms with Crippen LogP contribution in [0.15, 0.2) is 23.1 Å². The molecule has 3 heterocycles. The molecule has 0 saturated carbocycles. The van der Waals surface area contributed by atoms with E-state index in [1.54, 1.807) is 28.2 Å². The van der Waals surface area contributed by atoms with Gasteiger partial charge >= 0.3 is 0 Å². The van der Waals surface area contributed by atoms with Crippen molar-refractivity contribution in [3.8, 4) is 0 Å². The molecular weight excluding hydrogens is 424 g/mol. The molecule has 4 rings (SSSR count). The Labute approximate surface area is 182 Å². The molecule has 2 aromatic rings. The molecule has 29 heavy (non-hydrogen) atoms. The van der Waals surface area contributed by atoms with Gasteiger partial charge < -0.3 is 9.47 Å². The molecule has 2 saturated heterocycles. The lowest BCUT2D eigenvalue weighted by atomic mass is 10.2. The Morgan fingerprint density at radius 2 is 1.79 bits per heavy atom. The zero-order chi connectivity index (χ0) is 20.4. The van der Waals surface area contributed by atoms with Gasteiger partial charge in [0.2, 0.25) is 10.0 Å². The van der Waals surface area contributed by atoms with Crippen LogP contribution in [-0.4, -0.2) is 57.7 Å². The van der Waals surface area contributed by atoms with Crippen LogP contribution in [0, 0.1) is 0 Å². The van der Waals surface area contributed by atoms with Gasteiger partial charge in [-0.05, 0) is 50.8 Å². The van der Waals surface area contributed by atoms with Crippen LogP contribution >= 0.6 is 24.0 Å². The third-order valence-corrected chi connectivity index (χ3v) is 9.17. The third-order valence-electron chi connectivity index (χ3n) is 5.76. The van der Waals surface area contributed by atoms with Crippen molar-refractivity contribution in [3.63, 3.8) is 0 Å². The smallest absolute Gasteiger partial charge is 0.243 e.